The molecule has 0 radical (unpaired) electrons. The number of hydrogen-bond donors (Lipinski definition) is 2. The molecule has 1 nitrogen and oxygen atoms in total. The van der Waals surface area contributed by atoms with Crippen LogP contribution in [0.3, 0.4) is 0 Å². The van der Waals surface area contributed by atoms with Crippen molar-refractivity contribution >= 4 is 25.0 Å². The summed E-state index contributed by atoms with van der Waals surface area (Å²) in [6.07, 6.45) is 12.2. The molecule has 0 aromatic rings. The van der Waals surface area contributed by atoms with Crippen molar-refractivity contribution in [2.24, 2.45) is 5.73 Å². The fraction of sp³-hybridized carbons (Fsp3) is 1.00. The summed E-state index contributed by atoms with van der Waals surface area (Å²) < 4.78 is 0. The van der Waals surface area contributed by atoms with E-state index < -0.39 is 0 Å². The van der Waals surface area contributed by atoms with E-state index in [1.165, 1.54) is 57.8 Å². The number of nitrogens with two attached hydrogens (primary N) is 1. The molecule has 0 aliphatic heterocycles. The van der Waals surface area contributed by atoms with Crippen molar-refractivity contribution in [3.8, 4) is 0 Å². The number of halogens is 1. The highest BCUT2D eigenvalue weighted by molar-refractivity contribution is 7.80. The van der Waals surface area contributed by atoms with Gasteiger partial charge in [0.2, 0.25) is 0 Å². The summed E-state index contributed by atoms with van der Waals surface area (Å²) in [5.74, 6) is 1.05. The lowest BCUT2D eigenvalue weighted by molar-refractivity contribution is 0.568. The van der Waals surface area contributed by atoms with E-state index in [2.05, 4.69) is 12.6 Å². The maximum Gasteiger partial charge on any atom is -0.00773 e. The number of hydrogen-bond acceptors (Lipinski definition) is 2. The molecule has 0 atom stereocenters. The summed E-state index contributed by atoms with van der Waals surface area (Å²) in [5.41, 5.74) is 5.42. The van der Waals surface area contributed by atoms with Gasteiger partial charge < -0.3 is 5.73 Å². The van der Waals surface area contributed by atoms with E-state index in [-0.39, 0.29) is 12.4 Å². The molecule has 2 N–H and O–H groups in total. The van der Waals surface area contributed by atoms with Gasteiger partial charge in [0.15, 0.2) is 0 Å². The fourth-order valence-corrected chi connectivity index (χ4v) is 1.72. The summed E-state index contributed by atoms with van der Waals surface area (Å²) in [6, 6.07) is 0. The van der Waals surface area contributed by atoms with Gasteiger partial charge in [-0.25, -0.2) is 0 Å². The van der Waals surface area contributed by atoms with E-state index >= 15 is 0 Å². The second kappa shape index (κ2) is 16.0. The first-order valence-corrected chi connectivity index (χ1v) is 6.36. The zero-order valence-electron chi connectivity index (χ0n) is 9.21. The third-order valence-corrected chi connectivity index (χ3v) is 2.68. The molecule has 0 aliphatic carbocycles. The zero-order valence-corrected chi connectivity index (χ0v) is 10.9. The lowest BCUT2D eigenvalue weighted by atomic mass is 10.1. The topological polar surface area (TPSA) is 26.0 Å². The van der Waals surface area contributed by atoms with Crippen molar-refractivity contribution in [1.29, 1.82) is 0 Å². The van der Waals surface area contributed by atoms with Gasteiger partial charge in [-0.15, -0.1) is 12.4 Å². The fourth-order valence-electron chi connectivity index (χ4n) is 1.49. The minimum atomic E-state index is 0. The second-order valence-corrected chi connectivity index (χ2v) is 4.14. The van der Waals surface area contributed by atoms with Gasteiger partial charge in [-0.1, -0.05) is 44.9 Å². The molecule has 0 spiro atoms. The molecular weight excluding hydrogens is 214 g/mol. The van der Waals surface area contributed by atoms with Crippen molar-refractivity contribution in [3.05, 3.63) is 0 Å². The van der Waals surface area contributed by atoms with Gasteiger partial charge in [-0.05, 0) is 25.1 Å². The molecule has 3 heteroatoms. The summed E-state index contributed by atoms with van der Waals surface area (Å²) >= 11 is 4.19. The summed E-state index contributed by atoms with van der Waals surface area (Å²) in [7, 11) is 0. The van der Waals surface area contributed by atoms with Crippen molar-refractivity contribution < 1.29 is 0 Å². The van der Waals surface area contributed by atoms with E-state index in [9.17, 15) is 0 Å². The maximum absolute atomic E-state index is 5.42. The molecule has 14 heavy (non-hydrogen) atoms. The minimum Gasteiger partial charge on any atom is -0.330 e. The van der Waals surface area contributed by atoms with Crippen molar-refractivity contribution in [3.63, 3.8) is 0 Å². The Kier molecular flexibility index (Phi) is 19.5. The van der Waals surface area contributed by atoms with Crippen LogP contribution in [0.15, 0.2) is 0 Å². The van der Waals surface area contributed by atoms with Gasteiger partial charge >= 0.3 is 0 Å². The van der Waals surface area contributed by atoms with Crippen LogP contribution in [-0.4, -0.2) is 12.3 Å². The molecule has 0 amide bonds. The van der Waals surface area contributed by atoms with Gasteiger partial charge in [0.1, 0.15) is 0 Å². The summed E-state index contributed by atoms with van der Waals surface area (Å²) in [4.78, 5) is 0. The molecule has 0 saturated heterocycles. The van der Waals surface area contributed by atoms with Gasteiger partial charge in [0.05, 0.1) is 0 Å². The van der Waals surface area contributed by atoms with Gasteiger partial charge in [0.25, 0.3) is 0 Å². The molecule has 0 rings (SSSR count). The Labute approximate surface area is 101 Å². The van der Waals surface area contributed by atoms with Crippen molar-refractivity contribution in [1.82, 2.24) is 0 Å². The third kappa shape index (κ3) is 15.1. The normalized spacial score (nSPS) is 9.86. The Hall–Kier alpha value is 0.600. The molecule has 0 aromatic carbocycles. The predicted molar refractivity (Wildman–Crippen MR) is 71.7 cm³/mol. The van der Waals surface area contributed by atoms with Crippen LogP contribution < -0.4 is 5.73 Å². The third-order valence-electron chi connectivity index (χ3n) is 2.36. The monoisotopic (exact) mass is 239 g/mol. The lowest BCUT2D eigenvalue weighted by Crippen LogP contribution is -1.97. The van der Waals surface area contributed by atoms with Crippen LogP contribution in [0.2, 0.25) is 0 Å². The van der Waals surface area contributed by atoms with E-state index in [1.54, 1.807) is 0 Å². The Morgan fingerprint density at radius 2 is 1.00 bits per heavy atom. The average molecular weight is 240 g/mol. The number of unbranched alkanes of at least 4 members (excludes halogenated alkanes) is 8. The molecule has 0 aromatic heterocycles. The predicted octanol–water partition coefficient (Wildman–Crippen LogP) is 3.81. The molecule has 88 valence electrons. The largest absolute Gasteiger partial charge is 0.330 e. The number of rotatable bonds is 10. The van der Waals surface area contributed by atoms with Crippen LogP contribution in [0.4, 0.5) is 0 Å². The lowest BCUT2D eigenvalue weighted by Gasteiger charge is -2.00. The van der Waals surface area contributed by atoms with Crippen LogP contribution in [0.25, 0.3) is 0 Å². The Balaban J connectivity index is 0. The Morgan fingerprint density at radius 3 is 1.36 bits per heavy atom. The number of thiol groups is 1. The Bertz CT molecular complexity index is 81.4. The zero-order chi connectivity index (χ0) is 9.78. The molecular formula is C11H26ClNS. The first-order valence-electron chi connectivity index (χ1n) is 5.72. The van der Waals surface area contributed by atoms with Gasteiger partial charge in [-0.3, -0.25) is 0 Å². The van der Waals surface area contributed by atoms with Crippen LogP contribution >= 0.6 is 25.0 Å². The van der Waals surface area contributed by atoms with Gasteiger partial charge in [0, 0.05) is 0 Å². The first kappa shape index (κ1) is 17.0. The van der Waals surface area contributed by atoms with Gasteiger partial charge in [-0.2, -0.15) is 12.6 Å². The highest BCUT2D eigenvalue weighted by Crippen LogP contribution is 2.09. The second-order valence-electron chi connectivity index (χ2n) is 3.69. The molecule has 0 fully saturated rings. The Morgan fingerprint density at radius 1 is 0.643 bits per heavy atom. The van der Waals surface area contributed by atoms with Crippen LogP contribution in [-0.2, 0) is 0 Å². The van der Waals surface area contributed by atoms with E-state index in [4.69, 9.17) is 5.73 Å². The summed E-state index contributed by atoms with van der Waals surface area (Å²) in [6.45, 7) is 0.863. The summed E-state index contributed by atoms with van der Waals surface area (Å²) in [5, 5.41) is 0. The highest BCUT2D eigenvalue weighted by Gasteiger charge is 1.91. The molecule has 0 unspecified atom stereocenters. The van der Waals surface area contributed by atoms with Crippen molar-refractivity contribution in [2.45, 2.75) is 57.8 Å². The van der Waals surface area contributed by atoms with E-state index in [1.807, 2.05) is 0 Å². The van der Waals surface area contributed by atoms with Crippen LogP contribution in [0, 0.1) is 0 Å². The SMILES string of the molecule is Cl.NCCCCCCCCCCCS. The smallest absolute Gasteiger partial charge is 0.00773 e. The maximum atomic E-state index is 5.42. The molecule has 0 bridgehead atoms. The standard InChI is InChI=1S/C11H25NS.ClH/c12-10-8-6-4-2-1-3-5-7-9-11-13;/h13H,1-12H2;1H. The molecule has 0 heterocycles. The first-order chi connectivity index (χ1) is 6.41. The minimum absolute atomic E-state index is 0. The molecule has 0 aliphatic rings. The quantitative estimate of drug-likeness (QED) is 0.440. The highest BCUT2D eigenvalue weighted by atomic mass is 35.5. The average Bonchev–Trinajstić information content (AvgIpc) is 2.16. The molecule has 0 saturated carbocycles. The van der Waals surface area contributed by atoms with E-state index in [0.29, 0.717) is 0 Å². The van der Waals surface area contributed by atoms with Crippen molar-refractivity contribution in [2.75, 3.05) is 12.3 Å². The van der Waals surface area contributed by atoms with Crippen LogP contribution in [0.5, 0.6) is 0 Å². The van der Waals surface area contributed by atoms with E-state index in [0.717, 1.165) is 12.3 Å². The van der Waals surface area contributed by atoms with Crippen LogP contribution in [0.1, 0.15) is 57.8 Å².